The second kappa shape index (κ2) is 10.5. The Kier molecular flexibility index (Phi) is 7.20. The molecule has 36 heavy (non-hydrogen) atoms. The highest BCUT2D eigenvalue weighted by Crippen LogP contribution is 2.34. The van der Waals surface area contributed by atoms with Crippen molar-refractivity contribution in [2.24, 2.45) is 0 Å². The molecule has 1 amide bonds. The van der Waals surface area contributed by atoms with Gasteiger partial charge in [0, 0.05) is 10.6 Å². The van der Waals surface area contributed by atoms with Crippen molar-refractivity contribution in [3.63, 3.8) is 0 Å². The zero-order valence-electron chi connectivity index (χ0n) is 20.8. The first-order valence-corrected chi connectivity index (χ1v) is 13.6. The van der Waals surface area contributed by atoms with E-state index < -0.39 is 5.97 Å². The van der Waals surface area contributed by atoms with Crippen LogP contribution < -0.4 is 10.9 Å². The largest absolute Gasteiger partial charge is 0.459 e. The summed E-state index contributed by atoms with van der Waals surface area (Å²) in [5.41, 5.74) is 1.99. The highest BCUT2D eigenvalue weighted by Gasteiger charge is 2.24. The SMILES string of the molecule is CC(C)OC(=O)c1ccc(NC(=O)Cn2c(CN3CCCC3)nc3sc4c(c3c2=O)CCCC4)cc1. The predicted octanol–water partition coefficient (Wildman–Crippen LogP) is 4.14. The van der Waals surface area contributed by atoms with Crippen molar-refractivity contribution in [3.8, 4) is 0 Å². The van der Waals surface area contributed by atoms with Crippen LogP contribution in [0.3, 0.4) is 0 Å². The Morgan fingerprint density at radius 3 is 2.53 bits per heavy atom. The van der Waals surface area contributed by atoms with E-state index >= 15 is 0 Å². The Morgan fingerprint density at radius 1 is 1.08 bits per heavy atom. The Bertz CT molecular complexity index is 1340. The van der Waals surface area contributed by atoms with E-state index in [1.165, 1.54) is 4.88 Å². The summed E-state index contributed by atoms with van der Waals surface area (Å²) >= 11 is 1.64. The molecule has 1 aromatic carbocycles. The zero-order chi connectivity index (χ0) is 25.2. The van der Waals surface area contributed by atoms with Crippen molar-refractivity contribution in [3.05, 3.63) is 56.4 Å². The number of aromatic nitrogens is 2. The van der Waals surface area contributed by atoms with Crippen molar-refractivity contribution >= 4 is 39.1 Å². The van der Waals surface area contributed by atoms with Gasteiger partial charge in [-0.25, -0.2) is 9.78 Å². The summed E-state index contributed by atoms with van der Waals surface area (Å²) in [5, 5.41) is 3.56. The molecular formula is C27H32N4O4S. The van der Waals surface area contributed by atoms with Crippen LogP contribution in [0.15, 0.2) is 29.1 Å². The normalized spacial score (nSPS) is 15.9. The first-order valence-electron chi connectivity index (χ1n) is 12.8. The summed E-state index contributed by atoms with van der Waals surface area (Å²) in [6, 6.07) is 6.58. The molecule has 0 bridgehead atoms. The van der Waals surface area contributed by atoms with Crippen LogP contribution in [0.5, 0.6) is 0 Å². The van der Waals surface area contributed by atoms with Gasteiger partial charge < -0.3 is 10.1 Å². The maximum absolute atomic E-state index is 13.7. The van der Waals surface area contributed by atoms with Crippen LogP contribution in [0.2, 0.25) is 0 Å². The van der Waals surface area contributed by atoms with E-state index in [1.807, 2.05) is 0 Å². The Morgan fingerprint density at radius 2 is 1.81 bits per heavy atom. The molecule has 3 aromatic rings. The number of fused-ring (bicyclic) bond motifs is 3. The Labute approximate surface area is 214 Å². The van der Waals surface area contributed by atoms with E-state index in [9.17, 15) is 14.4 Å². The zero-order valence-corrected chi connectivity index (χ0v) is 21.7. The van der Waals surface area contributed by atoms with Crippen LogP contribution in [-0.4, -0.2) is 45.5 Å². The molecule has 0 saturated carbocycles. The Balaban J connectivity index is 1.40. The maximum atomic E-state index is 13.7. The molecule has 2 aromatic heterocycles. The van der Waals surface area contributed by atoms with E-state index in [4.69, 9.17) is 9.72 Å². The fourth-order valence-corrected chi connectivity index (χ4v) is 6.29. The van der Waals surface area contributed by atoms with Crippen LogP contribution in [0.25, 0.3) is 10.2 Å². The number of thiophene rings is 1. The van der Waals surface area contributed by atoms with E-state index in [0.29, 0.717) is 29.0 Å². The van der Waals surface area contributed by atoms with Gasteiger partial charge in [0.1, 0.15) is 17.2 Å². The van der Waals surface area contributed by atoms with E-state index in [2.05, 4.69) is 10.2 Å². The third kappa shape index (κ3) is 5.22. The molecule has 5 rings (SSSR count). The number of hydrogen-bond donors (Lipinski definition) is 1. The number of rotatable bonds is 7. The number of carbonyl (C=O) groups is 2. The molecule has 2 aliphatic rings. The van der Waals surface area contributed by atoms with Crippen molar-refractivity contribution in [1.29, 1.82) is 0 Å². The smallest absolute Gasteiger partial charge is 0.338 e. The molecule has 0 unspecified atom stereocenters. The number of ether oxygens (including phenoxy) is 1. The first-order chi connectivity index (χ1) is 17.4. The molecule has 9 heteroatoms. The molecule has 0 atom stereocenters. The number of nitrogens with one attached hydrogen (secondary N) is 1. The van der Waals surface area contributed by atoms with E-state index in [1.54, 1.807) is 54.0 Å². The second-order valence-electron chi connectivity index (χ2n) is 9.87. The lowest BCUT2D eigenvalue weighted by Crippen LogP contribution is -2.33. The lowest BCUT2D eigenvalue weighted by atomic mass is 9.97. The number of aryl methyl sites for hydroxylation is 2. The standard InChI is InChI=1S/C27H32N4O4S/c1-17(2)35-27(34)18-9-11-19(12-10-18)28-23(32)16-31-22(15-30-13-5-6-14-30)29-25-24(26(31)33)20-7-3-4-8-21(20)36-25/h9-12,17H,3-8,13-16H2,1-2H3,(H,28,32). The van der Waals surface area contributed by atoms with Crippen LogP contribution in [0, 0.1) is 0 Å². The predicted molar refractivity (Wildman–Crippen MR) is 141 cm³/mol. The quantitative estimate of drug-likeness (QED) is 0.482. The van der Waals surface area contributed by atoms with Gasteiger partial charge in [-0.2, -0.15) is 0 Å². The average Bonchev–Trinajstić information content (AvgIpc) is 3.49. The summed E-state index contributed by atoms with van der Waals surface area (Å²) in [6.07, 6.45) is 6.19. The number of likely N-dealkylation sites (tertiary alicyclic amines) is 1. The maximum Gasteiger partial charge on any atom is 0.338 e. The van der Waals surface area contributed by atoms with Crippen molar-refractivity contribution in [1.82, 2.24) is 14.5 Å². The molecule has 1 aliphatic heterocycles. The topological polar surface area (TPSA) is 93.5 Å². The van der Waals surface area contributed by atoms with Gasteiger partial charge in [0.2, 0.25) is 5.91 Å². The third-order valence-corrected chi connectivity index (χ3v) is 7.95. The fourth-order valence-electron chi connectivity index (χ4n) is 5.02. The van der Waals surface area contributed by atoms with E-state index in [-0.39, 0.29) is 24.1 Å². The molecule has 190 valence electrons. The molecule has 1 fully saturated rings. The van der Waals surface area contributed by atoms with Crippen molar-refractivity contribution in [2.75, 3.05) is 18.4 Å². The highest BCUT2D eigenvalue weighted by atomic mass is 32.1. The lowest BCUT2D eigenvalue weighted by molar-refractivity contribution is -0.116. The van der Waals surface area contributed by atoms with Gasteiger partial charge in [-0.05, 0) is 95.3 Å². The van der Waals surface area contributed by atoms with Gasteiger partial charge in [-0.1, -0.05) is 0 Å². The Hall–Kier alpha value is -3.04. The van der Waals surface area contributed by atoms with Crippen molar-refractivity contribution < 1.29 is 14.3 Å². The van der Waals surface area contributed by atoms with Crippen LogP contribution in [0.4, 0.5) is 5.69 Å². The molecule has 0 radical (unpaired) electrons. The van der Waals surface area contributed by atoms with Crippen LogP contribution in [-0.2, 0) is 35.5 Å². The number of anilines is 1. The number of nitrogens with zero attached hydrogens (tertiary/aromatic N) is 3. The highest BCUT2D eigenvalue weighted by molar-refractivity contribution is 7.18. The minimum absolute atomic E-state index is 0.104. The molecule has 1 N–H and O–H groups in total. The van der Waals surface area contributed by atoms with Gasteiger partial charge in [0.25, 0.3) is 5.56 Å². The number of hydrogen-bond acceptors (Lipinski definition) is 7. The van der Waals surface area contributed by atoms with Crippen LogP contribution >= 0.6 is 11.3 Å². The molecule has 1 saturated heterocycles. The minimum atomic E-state index is -0.403. The second-order valence-corrected chi connectivity index (χ2v) is 11.0. The average molecular weight is 509 g/mol. The third-order valence-electron chi connectivity index (χ3n) is 6.77. The van der Waals surface area contributed by atoms with Gasteiger partial charge >= 0.3 is 5.97 Å². The summed E-state index contributed by atoms with van der Waals surface area (Å²) in [4.78, 5) is 48.2. The summed E-state index contributed by atoms with van der Waals surface area (Å²) in [6.45, 7) is 6.01. The lowest BCUT2D eigenvalue weighted by Gasteiger charge is -2.18. The number of amides is 1. The number of esters is 1. The molecule has 3 heterocycles. The van der Waals surface area contributed by atoms with Gasteiger partial charge in [0.05, 0.1) is 23.6 Å². The molecule has 1 aliphatic carbocycles. The summed E-state index contributed by atoms with van der Waals surface area (Å²) in [5.74, 6) is -0.0584. The fraction of sp³-hybridized carbons (Fsp3) is 0.481. The minimum Gasteiger partial charge on any atom is -0.459 e. The van der Waals surface area contributed by atoms with E-state index in [0.717, 1.165) is 62.0 Å². The van der Waals surface area contributed by atoms with Crippen LogP contribution in [0.1, 0.15) is 66.2 Å². The number of benzene rings is 1. The monoisotopic (exact) mass is 508 g/mol. The molecule has 8 nitrogen and oxygen atoms in total. The van der Waals surface area contributed by atoms with Crippen molar-refractivity contribution in [2.45, 2.75) is 71.6 Å². The molecular weight excluding hydrogens is 476 g/mol. The first kappa shape index (κ1) is 24.6. The molecule has 0 spiro atoms. The van der Waals surface area contributed by atoms with Gasteiger partial charge in [0.15, 0.2) is 0 Å². The van der Waals surface area contributed by atoms with Gasteiger partial charge in [-0.3, -0.25) is 19.1 Å². The summed E-state index contributed by atoms with van der Waals surface area (Å²) in [7, 11) is 0. The van der Waals surface area contributed by atoms with Gasteiger partial charge in [-0.15, -0.1) is 11.3 Å². The number of carbonyl (C=O) groups excluding carboxylic acids is 2. The summed E-state index contributed by atoms with van der Waals surface area (Å²) < 4.78 is 6.77.